The van der Waals surface area contributed by atoms with E-state index in [0.717, 1.165) is 41.7 Å². The van der Waals surface area contributed by atoms with Gasteiger partial charge in [0.1, 0.15) is 4.99 Å². The van der Waals surface area contributed by atoms with Gasteiger partial charge in [-0.3, -0.25) is 4.79 Å². The molecule has 1 aliphatic rings. The Morgan fingerprint density at radius 1 is 1.42 bits per heavy atom. The topological polar surface area (TPSA) is 58.4 Å². The van der Waals surface area contributed by atoms with Crippen LogP contribution in [0.2, 0.25) is 0 Å². The fraction of sp³-hybridized carbons (Fsp3) is 0.385. The number of carbonyl (C=O) groups is 1. The molecule has 0 saturated carbocycles. The van der Waals surface area contributed by atoms with E-state index < -0.39 is 0 Å². The molecule has 0 aliphatic carbocycles. The quantitative estimate of drug-likeness (QED) is 0.823. The molecule has 1 aliphatic heterocycles. The Kier molecular flexibility index (Phi) is 4.76. The lowest BCUT2D eigenvalue weighted by atomic mass is 10.2. The maximum absolute atomic E-state index is 12.0. The van der Waals surface area contributed by atoms with Crippen molar-refractivity contribution < 1.29 is 4.79 Å². The highest BCUT2D eigenvalue weighted by molar-refractivity contribution is 9.10. The van der Waals surface area contributed by atoms with Gasteiger partial charge < -0.3 is 16.0 Å². The lowest BCUT2D eigenvalue weighted by Crippen LogP contribution is -2.33. The highest BCUT2D eigenvalue weighted by Gasteiger charge is 2.18. The van der Waals surface area contributed by atoms with Crippen LogP contribution in [-0.4, -0.2) is 35.4 Å². The van der Waals surface area contributed by atoms with Crippen molar-refractivity contribution in [2.24, 2.45) is 5.73 Å². The van der Waals surface area contributed by atoms with Crippen LogP contribution in [0.5, 0.6) is 0 Å². The van der Waals surface area contributed by atoms with Gasteiger partial charge in [-0.15, -0.1) is 0 Å². The van der Waals surface area contributed by atoms with E-state index in [9.17, 15) is 4.79 Å². The Hall–Kier alpha value is -1.14. The summed E-state index contributed by atoms with van der Waals surface area (Å²) in [5, 5.41) is 3.12. The summed E-state index contributed by atoms with van der Waals surface area (Å²) in [7, 11) is 0. The van der Waals surface area contributed by atoms with Crippen molar-refractivity contribution in [3.63, 3.8) is 0 Å². The summed E-state index contributed by atoms with van der Waals surface area (Å²) in [6.45, 7) is 1.99. The van der Waals surface area contributed by atoms with Crippen LogP contribution < -0.4 is 11.1 Å². The summed E-state index contributed by atoms with van der Waals surface area (Å²) in [6, 6.07) is 5.63. The summed E-state index contributed by atoms with van der Waals surface area (Å²) in [6.07, 6.45) is 2.20. The summed E-state index contributed by atoms with van der Waals surface area (Å²) in [4.78, 5) is 14.2. The van der Waals surface area contributed by atoms with Crippen molar-refractivity contribution in [1.82, 2.24) is 4.90 Å². The molecule has 102 valence electrons. The first-order chi connectivity index (χ1) is 9.09. The van der Waals surface area contributed by atoms with Crippen molar-refractivity contribution in [2.45, 2.75) is 12.8 Å². The largest absolute Gasteiger partial charge is 0.389 e. The number of rotatable bonds is 4. The summed E-state index contributed by atoms with van der Waals surface area (Å²) in [5.74, 6) is 0.117. The summed E-state index contributed by atoms with van der Waals surface area (Å²) >= 11 is 8.45. The van der Waals surface area contributed by atoms with Gasteiger partial charge in [0.05, 0.1) is 6.54 Å². The van der Waals surface area contributed by atoms with Crippen LogP contribution in [0.3, 0.4) is 0 Å². The molecule has 1 fully saturated rings. The molecule has 0 bridgehead atoms. The number of nitrogens with two attached hydrogens (primary N) is 1. The number of hydrogen-bond donors (Lipinski definition) is 2. The van der Waals surface area contributed by atoms with E-state index in [1.54, 1.807) is 0 Å². The molecule has 4 nitrogen and oxygen atoms in total. The second-order valence-electron chi connectivity index (χ2n) is 4.47. The molecule has 0 unspecified atom stereocenters. The molecule has 0 aromatic heterocycles. The van der Waals surface area contributed by atoms with Crippen LogP contribution in [0.4, 0.5) is 5.69 Å². The first kappa shape index (κ1) is 14.3. The zero-order valence-electron chi connectivity index (χ0n) is 10.5. The smallest absolute Gasteiger partial charge is 0.241 e. The van der Waals surface area contributed by atoms with E-state index >= 15 is 0 Å². The van der Waals surface area contributed by atoms with E-state index in [-0.39, 0.29) is 12.5 Å². The lowest BCUT2D eigenvalue weighted by Gasteiger charge is -2.17. The number of benzene rings is 1. The number of halogens is 1. The molecule has 3 N–H and O–H groups in total. The first-order valence-electron chi connectivity index (χ1n) is 6.19. The molecule has 19 heavy (non-hydrogen) atoms. The third kappa shape index (κ3) is 3.45. The van der Waals surface area contributed by atoms with Gasteiger partial charge in [0.25, 0.3) is 0 Å². The first-order valence-corrected chi connectivity index (χ1v) is 7.39. The minimum Gasteiger partial charge on any atom is -0.389 e. The fourth-order valence-electron chi connectivity index (χ4n) is 2.17. The Morgan fingerprint density at radius 3 is 2.74 bits per heavy atom. The number of amides is 1. The minimum absolute atomic E-state index is 0.117. The third-order valence-electron chi connectivity index (χ3n) is 3.15. The molecular weight excluding hydrogens is 326 g/mol. The number of anilines is 1. The van der Waals surface area contributed by atoms with Crippen LogP contribution >= 0.6 is 28.1 Å². The Balaban J connectivity index is 2.05. The van der Waals surface area contributed by atoms with Crippen LogP contribution in [0.15, 0.2) is 22.7 Å². The third-order valence-corrected chi connectivity index (χ3v) is 4.01. The average molecular weight is 342 g/mol. The van der Waals surface area contributed by atoms with E-state index in [0.29, 0.717) is 4.99 Å². The number of nitrogens with zero attached hydrogens (tertiary/aromatic N) is 1. The predicted molar refractivity (Wildman–Crippen MR) is 84.3 cm³/mol. The fourth-order valence-corrected chi connectivity index (χ4v) is 3.10. The van der Waals surface area contributed by atoms with E-state index in [4.69, 9.17) is 18.0 Å². The monoisotopic (exact) mass is 341 g/mol. The molecule has 1 heterocycles. The Labute approximate surface area is 126 Å². The number of nitrogens with one attached hydrogen (secondary N) is 1. The summed E-state index contributed by atoms with van der Waals surface area (Å²) in [5.41, 5.74) is 7.24. The zero-order valence-corrected chi connectivity index (χ0v) is 12.9. The van der Waals surface area contributed by atoms with Crippen molar-refractivity contribution in [2.75, 3.05) is 25.0 Å². The van der Waals surface area contributed by atoms with Gasteiger partial charge in [0, 0.05) is 28.8 Å². The molecule has 1 amide bonds. The molecule has 0 spiro atoms. The van der Waals surface area contributed by atoms with E-state index in [1.807, 2.05) is 23.1 Å². The van der Waals surface area contributed by atoms with Gasteiger partial charge in [-0.05, 0) is 40.9 Å². The van der Waals surface area contributed by atoms with E-state index in [1.165, 1.54) is 0 Å². The van der Waals surface area contributed by atoms with Gasteiger partial charge in [-0.2, -0.15) is 0 Å². The van der Waals surface area contributed by atoms with Crippen LogP contribution in [-0.2, 0) is 4.79 Å². The Bertz CT molecular complexity index is 501. The Morgan fingerprint density at radius 2 is 2.11 bits per heavy atom. The molecule has 2 rings (SSSR count). The molecular formula is C13H16BrN3OS. The second kappa shape index (κ2) is 6.34. The highest BCUT2D eigenvalue weighted by atomic mass is 79.9. The number of thiocarbonyl (C=S) groups is 1. The molecule has 0 radical (unpaired) electrons. The van der Waals surface area contributed by atoms with Crippen LogP contribution in [0.1, 0.15) is 18.4 Å². The van der Waals surface area contributed by atoms with Crippen LogP contribution in [0.25, 0.3) is 0 Å². The molecule has 6 heteroatoms. The standard InChI is InChI=1S/C13H16BrN3OS/c14-9-4-3-5-10(12(9)13(15)19)16-8-11(18)17-6-1-2-7-17/h3-5,16H,1-2,6-8H2,(H2,15,19). The maximum atomic E-state index is 12.0. The van der Waals surface area contributed by atoms with Crippen molar-refractivity contribution in [3.05, 3.63) is 28.2 Å². The van der Waals surface area contributed by atoms with Gasteiger partial charge in [0.15, 0.2) is 0 Å². The minimum atomic E-state index is 0.117. The predicted octanol–water partition coefficient (Wildman–Crippen LogP) is 2.12. The van der Waals surface area contributed by atoms with Gasteiger partial charge in [-0.1, -0.05) is 18.3 Å². The summed E-state index contributed by atoms with van der Waals surface area (Å²) < 4.78 is 0.832. The van der Waals surface area contributed by atoms with Gasteiger partial charge >= 0.3 is 0 Å². The zero-order chi connectivity index (χ0) is 13.8. The second-order valence-corrected chi connectivity index (χ2v) is 5.76. The molecule has 1 aromatic rings. The average Bonchev–Trinajstić information content (AvgIpc) is 2.89. The number of carbonyl (C=O) groups excluding carboxylic acids is 1. The van der Waals surface area contributed by atoms with Crippen molar-refractivity contribution in [3.8, 4) is 0 Å². The normalized spacial score (nSPS) is 14.5. The van der Waals surface area contributed by atoms with Crippen LogP contribution in [0, 0.1) is 0 Å². The number of likely N-dealkylation sites (tertiary alicyclic amines) is 1. The highest BCUT2D eigenvalue weighted by Crippen LogP contribution is 2.24. The van der Waals surface area contributed by atoms with E-state index in [2.05, 4.69) is 21.2 Å². The van der Waals surface area contributed by atoms with Crippen molar-refractivity contribution >= 4 is 44.7 Å². The molecule has 0 atom stereocenters. The van der Waals surface area contributed by atoms with Gasteiger partial charge in [0.2, 0.25) is 5.91 Å². The lowest BCUT2D eigenvalue weighted by molar-refractivity contribution is -0.128. The molecule has 1 aromatic carbocycles. The SMILES string of the molecule is NC(=S)c1c(Br)cccc1NCC(=O)N1CCCC1. The van der Waals surface area contributed by atoms with Crippen molar-refractivity contribution in [1.29, 1.82) is 0 Å². The molecule has 1 saturated heterocycles. The van der Waals surface area contributed by atoms with Gasteiger partial charge in [-0.25, -0.2) is 0 Å². The number of hydrogen-bond acceptors (Lipinski definition) is 3. The maximum Gasteiger partial charge on any atom is 0.241 e.